The van der Waals surface area contributed by atoms with Crippen LogP contribution in [0.25, 0.3) is 17.4 Å². The van der Waals surface area contributed by atoms with Gasteiger partial charge in [-0.25, -0.2) is 9.59 Å². The molecule has 0 spiro atoms. The van der Waals surface area contributed by atoms with Gasteiger partial charge in [0.1, 0.15) is 34.4 Å². The number of ketones is 1. The third kappa shape index (κ3) is 6.15. The van der Waals surface area contributed by atoms with Crippen LogP contribution in [0.3, 0.4) is 0 Å². The number of hydrogen-bond donors (Lipinski definition) is 1. The number of benzene rings is 2. The molecule has 2 aliphatic heterocycles. The molecule has 1 aromatic heterocycles. The van der Waals surface area contributed by atoms with Crippen LogP contribution in [0, 0.1) is 0 Å². The molecule has 0 aliphatic carbocycles. The highest BCUT2D eigenvalue weighted by molar-refractivity contribution is 5.98. The number of fused-ring (bicyclic) bond motifs is 2. The van der Waals surface area contributed by atoms with Gasteiger partial charge in [-0.2, -0.15) is 0 Å². The van der Waals surface area contributed by atoms with Crippen LogP contribution in [0.4, 0.5) is 0 Å². The highest BCUT2D eigenvalue weighted by Crippen LogP contribution is 2.48. The van der Waals surface area contributed by atoms with Gasteiger partial charge in [-0.1, -0.05) is 24.3 Å². The lowest BCUT2D eigenvalue weighted by Gasteiger charge is -2.26. The number of carbonyl (C=O) groups excluding carboxylic acids is 4. The van der Waals surface area contributed by atoms with E-state index < -0.39 is 29.9 Å². The predicted molar refractivity (Wildman–Crippen MR) is 152 cm³/mol. The Hall–Kier alpha value is -4.66. The third-order valence-electron chi connectivity index (χ3n) is 7.54. The summed E-state index contributed by atoms with van der Waals surface area (Å²) in [6, 6.07) is 11.7. The molecular weight excluding hydrogens is 540 g/mol. The molecule has 1 N–H and O–H groups in total. The van der Waals surface area contributed by atoms with Crippen LogP contribution >= 0.6 is 0 Å². The molecule has 0 saturated carbocycles. The van der Waals surface area contributed by atoms with E-state index in [0.29, 0.717) is 66.7 Å². The smallest absolute Gasteiger partial charge is 0.342 e. The average Bonchev–Trinajstić information content (AvgIpc) is 3.46. The van der Waals surface area contributed by atoms with E-state index in [1.54, 1.807) is 55.5 Å². The van der Waals surface area contributed by atoms with Gasteiger partial charge in [-0.3, -0.25) is 9.59 Å². The predicted octanol–water partition coefficient (Wildman–Crippen LogP) is 6.36. The number of hydrogen-bond acceptors (Lipinski definition) is 9. The molecule has 42 heavy (non-hydrogen) atoms. The monoisotopic (exact) mass is 572 g/mol. The Kier molecular flexibility index (Phi) is 8.56. The van der Waals surface area contributed by atoms with Crippen molar-refractivity contribution in [2.24, 2.45) is 0 Å². The summed E-state index contributed by atoms with van der Waals surface area (Å²) < 4.78 is 22.1. The zero-order valence-corrected chi connectivity index (χ0v) is 23.5. The standard InChI is InChI=1S/C33H32O9/c1-19-7-6-10-23(34)9-5-3-4-8-22-17-27-30(31(36)29(22)33(38)40-19)24(18-28(35)42-27)26-16-15-25(41-26)20-11-13-21(14-12-20)32(37)39-2/h4,8,11-17,19,24,36H,3,5-7,9-10,18H2,1-2H3/b8-4+/t19-,24?/m0/s1. The van der Waals surface area contributed by atoms with E-state index in [2.05, 4.69) is 0 Å². The van der Waals surface area contributed by atoms with Crippen LogP contribution < -0.4 is 4.74 Å². The second-order valence-corrected chi connectivity index (χ2v) is 10.5. The molecule has 0 bridgehead atoms. The van der Waals surface area contributed by atoms with Crippen molar-refractivity contribution >= 4 is 29.8 Å². The lowest BCUT2D eigenvalue weighted by atomic mass is 9.86. The first-order valence-corrected chi connectivity index (χ1v) is 14.0. The number of ether oxygens (including phenoxy) is 3. The van der Waals surface area contributed by atoms with Gasteiger partial charge in [0.15, 0.2) is 0 Å². The van der Waals surface area contributed by atoms with Crippen molar-refractivity contribution in [2.45, 2.75) is 63.9 Å². The highest BCUT2D eigenvalue weighted by Gasteiger charge is 2.37. The van der Waals surface area contributed by atoms with Gasteiger partial charge < -0.3 is 23.7 Å². The molecule has 5 rings (SSSR count). The average molecular weight is 573 g/mol. The Morgan fingerprint density at radius 2 is 1.79 bits per heavy atom. The summed E-state index contributed by atoms with van der Waals surface area (Å²) in [5.41, 5.74) is 1.70. The molecular formula is C33H32O9. The quantitative estimate of drug-likeness (QED) is 0.281. The number of carbonyl (C=O) groups is 4. The van der Waals surface area contributed by atoms with Crippen LogP contribution in [0.15, 0.2) is 53.0 Å². The largest absolute Gasteiger partial charge is 0.507 e. The van der Waals surface area contributed by atoms with E-state index in [9.17, 15) is 24.3 Å². The number of phenols is 1. The Labute approximate surface area is 243 Å². The highest BCUT2D eigenvalue weighted by atomic mass is 16.5. The van der Waals surface area contributed by atoms with Gasteiger partial charge >= 0.3 is 17.9 Å². The maximum atomic E-state index is 13.4. The first-order chi connectivity index (χ1) is 20.2. The maximum absolute atomic E-state index is 13.4. The summed E-state index contributed by atoms with van der Waals surface area (Å²) in [5.74, 6) is -1.50. The van der Waals surface area contributed by atoms with Gasteiger partial charge in [0.05, 0.1) is 31.1 Å². The molecule has 0 radical (unpaired) electrons. The fourth-order valence-electron chi connectivity index (χ4n) is 5.35. The summed E-state index contributed by atoms with van der Waals surface area (Å²) in [4.78, 5) is 50.0. The van der Waals surface area contributed by atoms with Crippen LogP contribution in [-0.4, -0.2) is 42.0 Å². The van der Waals surface area contributed by atoms with E-state index in [1.165, 1.54) is 7.11 Å². The zero-order valence-electron chi connectivity index (χ0n) is 23.5. The van der Waals surface area contributed by atoms with Crippen molar-refractivity contribution in [2.75, 3.05) is 7.11 Å². The molecule has 9 heteroatoms. The lowest BCUT2D eigenvalue weighted by Crippen LogP contribution is -2.23. The normalized spacial score (nSPS) is 20.4. The van der Waals surface area contributed by atoms with Crippen molar-refractivity contribution in [3.63, 3.8) is 0 Å². The second-order valence-electron chi connectivity index (χ2n) is 10.5. The molecule has 2 aromatic carbocycles. The molecule has 218 valence electrons. The Morgan fingerprint density at radius 1 is 1.02 bits per heavy atom. The molecule has 9 nitrogen and oxygen atoms in total. The zero-order chi connectivity index (χ0) is 29.8. The van der Waals surface area contributed by atoms with Crippen molar-refractivity contribution in [3.05, 3.63) is 76.6 Å². The number of phenolic OH excluding ortho intramolecular Hbond substituents is 1. The first-order valence-electron chi connectivity index (χ1n) is 14.0. The summed E-state index contributed by atoms with van der Waals surface area (Å²) in [6.07, 6.45) is 6.24. The number of Topliss-reactive ketones (excluding diaryl/α,β-unsaturated/α-hetero) is 1. The summed E-state index contributed by atoms with van der Waals surface area (Å²) in [6.45, 7) is 1.76. The molecule has 1 unspecified atom stereocenters. The van der Waals surface area contributed by atoms with Crippen LogP contribution in [-0.2, 0) is 19.1 Å². The Bertz CT molecular complexity index is 1540. The van der Waals surface area contributed by atoms with Gasteiger partial charge in [-0.05, 0) is 68.5 Å². The number of methoxy groups -OCH3 is 1. The molecule has 2 atom stereocenters. The Morgan fingerprint density at radius 3 is 2.55 bits per heavy atom. The van der Waals surface area contributed by atoms with Gasteiger partial charge in [0.25, 0.3) is 0 Å². The van der Waals surface area contributed by atoms with Gasteiger partial charge in [0, 0.05) is 24.0 Å². The SMILES string of the molecule is COC(=O)c1ccc(-c2ccc(C3CC(=O)Oc4cc5c(c(O)c43)C(=O)O[C@@H](C)CCCC(=O)CCC/C=C/5)o2)cc1. The topological polar surface area (TPSA) is 129 Å². The minimum Gasteiger partial charge on any atom is -0.507 e. The van der Waals surface area contributed by atoms with Crippen LogP contribution in [0.1, 0.15) is 95.4 Å². The summed E-state index contributed by atoms with van der Waals surface area (Å²) >= 11 is 0. The van der Waals surface area contributed by atoms with E-state index >= 15 is 0 Å². The van der Waals surface area contributed by atoms with Crippen LogP contribution in [0.2, 0.25) is 0 Å². The number of allylic oxidation sites excluding steroid dienone is 1. The van der Waals surface area contributed by atoms with Gasteiger partial charge in [0.2, 0.25) is 0 Å². The fourth-order valence-corrected chi connectivity index (χ4v) is 5.35. The number of furan rings is 1. The molecule has 3 heterocycles. The lowest BCUT2D eigenvalue weighted by molar-refractivity contribution is -0.135. The minimum absolute atomic E-state index is 0.0156. The third-order valence-corrected chi connectivity index (χ3v) is 7.54. The molecule has 0 amide bonds. The van der Waals surface area contributed by atoms with Crippen LogP contribution in [0.5, 0.6) is 11.5 Å². The second kappa shape index (κ2) is 12.5. The molecule has 0 saturated heterocycles. The van der Waals surface area contributed by atoms with Crippen molar-refractivity contribution in [3.8, 4) is 22.8 Å². The molecule has 2 aliphatic rings. The van der Waals surface area contributed by atoms with E-state index in [4.69, 9.17) is 18.6 Å². The minimum atomic E-state index is -0.719. The van der Waals surface area contributed by atoms with E-state index in [-0.39, 0.29) is 34.8 Å². The number of cyclic esters (lactones) is 1. The van der Waals surface area contributed by atoms with Gasteiger partial charge in [-0.15, -0.1) is 0 Å². The summed E-state index contributed by atoms with van der Waals surface area (Å²) in [7, 11) is 1.31. The number of aromatic hydroxyl groups is 1. The maximum Gasteiger partial charge on any atom is 0.342 e. The fraction of sp³-hybridized carbons (Fsp3) is 0.333. The van der Waals surface area contributed by atoms with Crippen molar-refractivity contribution in [1.29, 1.82) is 0 Å². The molecule has 3 aromatic rings. The van der Waals surface area contributed by atoms with E-state index in [0.717, 1.165) is 0 Å². The van der Waals surface area contributed by atoms with Crippen molar-refractivity contribution < 1.29 is 42.9 Å². The summed E-state index contributed by atoms with van der Waals surface area (Å²) in [5, 5.41) is 11.6. The molecule has 0 fully saturated rings. The number of rotatable bonds is 3. The first kappa shape index (κ1) is 28.9. The van der Waals surface area contributed by atoms with Crippen molar-refractivity contribution in [1.82, 2.24) is 0 Å². The number of esters is 3. The Balaban J connectivity index is 1.53. The van der Waals surface area contributed by atoms with E-state index in [1.807, 2.05) is 6.08 Å².